The van der Waals surface area contributed by atoms with Crippen LogP contribution in [0, 0.1) is 11.7 Å². The van der Waals surface area contributed by atoms with E-state index < -0.39 is 0 Å². The molecular formula is C9H9N5S2. The van der Waals surface area contributed by atoms with Gasteiger partial charge >= 0.3 is 0 Å². The van der Waals surface area contributed by atoms with E-state index in [1.807, 2.05) is 34.5 Å². The van der Waals surface area contributed by atoms with Crippen molar-refractivity contribution >= 4 is 28.5 Å². The number of hydrogen-bond acceptors (Lipinski definition) is 4. The molecule has 0 spiro atoms. The lowest BCUT2D eigenvalue weighted by Crippen LogP contribution is -1.96. The first-order valence-electron chi connectivity index (χ1n) is 4.72. The summed E-state index contributed by atoms with van der Waals surface area (Å²) in [5, 5.41) is 9.03. The number of imidazole rings is 1. The van der Waals surface area contributed by atoms with E-state index in [0.717, 1.165) is 22.2 Å². The fourth-order valence-corrected chi connectivity index (χ4v) is 2.61. The van der Waals surface area contributed by atoms with Crippen LogP contribution in [-0.4, -0.2) is 24.1 Å². The maximum Gasteiger partial charge on any atom is 0.195 e. The summed E-state index contributed by atoms with van der Waals surface area (Å²) < 4.78 is 4.49. The SMILES string of the molecule is Cc1nc2sccn2c1-c1n[nH]c(=S)n1C. The zero-order valence-corrected chi connectivity index (χ0v) is 10.4. The van der Waals surface area contributed by atoms with Gasteiger partial charge < -0.3 is 4.57 Å². The molecular weight excluding hydrogens is 242 g/mol. The van der Waals surface area contributed by atoms with Crippen molar-refractivity contribution < 1.29 is 0 Å². The van der Waals surface area contributed by atoms with Crippen molar-refractivity contribution in [2.75, 3.05) is 0 Å². The first-order valence-corrected chi connectivity index (χ1v) is 6.01. The molecule has 0 aliphatic rings. The molecule has 3 aromatic heterocycles. The van der Waals surface area contributed by atoms with Gasteiger partial charge in [0.05, 0.1) is 5.69 Å². The second-order valence-electron chi connectivity index (χ2n) is 3.51. The predicted molar refractivity (Wildman–Crippen MR) is 65.2 cm³/mol. The molecule has 3 rings (SSSR count). The Morgan fingerprint density at radius 1 is 1.50 bits per heavy atom. The number of thiazole rings is 1. The molecule has 0 saturated heterocycles. The van der Waals surface area contributed by atoms with E-state index in [4.69, 9.17) is 12.2 Å². The van der Waals surface area contributed by atoms with Crippen molar-refractivity contribution in [2.24, 2.45) is 7.05 Å². The van der Waals surface area contributed by atoms with Gasteiger partial charge in [-0.05, 0) is 19.1 Å². The Kier molecular flexibility index (Phi) is 1.98. The van der Waals surface area contributed by atoms with Crippen LogP contribution in [0.5, 0.6) is 0 Å². The van der Waals surface area contributed by atoms with Gasteiger partial charge in [0.15, 0.2) is 15.6 Å². The summed E-state index contributed by atoms with van der Waals surface area (Å²) in [6, 6.07) is 0. The zero-order chi connectivity index (χ0) is 11.3. The molecule has 82 valence electrons. The lowest BCUT2D eigenvalue weighted by Gasteiger charge is -1.99. The van der Waals surface area contributed by atoms with Crippen molar-refractivity contribution in [3.8, 4) is 11.5 Å². The van der Waals surface area contributed by atoms with Crippen LogP contribution in [0.25, 0.3) is 16.5 Å². The van der Waals surface area contributed by atoms with Gasteiger partial charge in [-0.15, -0.1) is 11.3 Å². The van der Waals surface area contributed by atoms with Crippen LogP contribution >= 0.6 is 23.6 Å². The van der Waals surface area contributed by atoms with Crippen LogP contribution in [0.1, 0.15) is 5.69 Å². The lowest BCUT2D eigenvalue weighted by molar-refractivity contribution is 0.893. The van der Waals surface area contributed by atoms with Gasteiger partial charge in [-0.3, -0.25) is 9.50 Å². The van der Waals surface area contributed by atoms with Crippen LogP contribution in [0.15, 0.2) is 11.6 Å². The summed E-state index contributed by atoms with van der Waals surface area (Å²) in [7, 11) is 1.90. The van der Waals surface area contributed by atoms with E-state index in [-0.39, 0.29) is 0 Å². The Morgan fingerprint density at radius 2 is 2.31 bits per heavy atom. The fraction of sp³-hybridized carbons (Fsp3) is 0.222. The molecule has 1 N–H and O–H groups in total. The van der Waals surface area contributed by atoms with E-state index in [1.165, 1.54) is 0 Å². The molecule has 0 aromatic carbocycles. The summed E-state index contributed by atoms with van der Waals surface area (Å²) in [4.78, 5) is 5.45. The normalized spacial score (nSPS) is 11.4. The molecule has 7 heteroatoms. The fourth-order valence-electron chi connectivity index (χ4n) is 1.72. The van der Waals surface area contributed by atoms with E-state index in [0.29, 0.717) is 4.77 Å². The van der Waals surface area contributed by atoms with E-state index in [2.05, 4.69) is 15.2 Å². The molecule has 0 atom stereocenters. The first kappa shape index (κ1) is 9.73. The number of fused-ring (bicyclic) bond motifs is 1. The quantitative estimate of drug-likeness (QED) is 0.674. The molecule has 3 heterocycles. The van der Waals surface area contributed by atoms with Crippen LogP contribution in [-0.2, 0) is 7.05 Å². The number of aromatic nitrogens is 5. The smallest absolute Gasteiger partial charge is 0.195 e. The molecule has 0 radical (unpaired) electrons. The summed E-state index contributed by atoms with van der Waals surface area (Å²) in [6.07, 6.45) is 1.99. The highest BCUT2D eigenvalue weighted by Crippen LogP contribution is 2.24. The number of aryl methyl sites for hydroxylation is 1. The minimum Gasteiger partial charge on any atom is -0.302 e. The Balaban J connectivity index is 2.40. The standard InChI is InChI=1S/C9H9N5S2/c1-5-6(7-11-12-8(15)13(7)2)14-3-4-16-9(14)10-5/h3-4H,1-2H3,(H,12,15). The van der Waals surface area contributed by atoms with Crippen molar-refractivity contribution in [1.29, 1.82) is 0 Å². The summed E-state index contributed by atoms with van der Waals surface area (Å²) >= 11 is 6.72. The van der Waals surface area contributed by atoms with Gasteiger partial charge in [0.25, 0.3) is 0 Å². The number of aromatic amines is 1. The first-order chi connectivity index (χ1) is 7.68. The van der Waals surface area contributed by atoms with Gasteiger partial charge in [0, 0.05) is 18.6 Å². The second-order valence-corrected chi connectivity index (χ2v) is 4.77. The Bertz CT molecular complexity index is 714. The molecule has 0 unspecified atom stereocenters. The monoisotopic (exact) mass is 251 g/mol. The minimum absolute atomic E-state index is 0.611. The molecule has 5 nitrogen and oxygen atoms in total. The molecule has 0 amide bonds. The van der Waals surface area contributed by atoms with Gasteiger partial charge in [0.2, 0.25) is 0 Å². The summed E-state index contributed by atoms with van der Waals surface area (Å²) in [5.41, 5.74) is 1.95. The molecule has 0 bridgehead atoms. The van der Waals surface area contributed by atoms with Gasteiger partial charge in [0.1, 0.15) is 5.69 Å². The van der Waals surface area contributed by atoms with Gasteiger partial charge in [-0.2, -0.15) is 5.10 Å². The van der Waals surface area contributed by atoms with Gasteiger partial charge in [-0.25, -0.2) is 4.98 Å². The zero-order valence-electron chi connectivity index (χ0n) is 8.76. The molecule has 0 fully saturated rings. The van der Waals surface area contributed by atoms with Gasteiger partial charge in [-0.1, -0.05) is 0 Å². The van der Waals surface area contributed by atoms with Crippen molar-refractivity contribution in [1.82, 2.24) is 24.1 Å². The van der Waals surface area contributed by atoms with Crippen LogP contribution in [0.3, 0.4) is 0 Å². The highest BCUT2D eigenvalue weighted by molar-refractivity contribution is 7.71. The number of nitrogens with one attached hydrogen (secondary N) is 1. The second kappa shape index (κ2) is 3.26. The molecule has 0 saturated carbocycles. The van der Waals surface area contributed by atoms with Crippen LogP contribution in [0.2, 0.25) is 0 Å². The number of nitrogens with zero attached hydrogens (tertiary/aromatic N) is 4. The Hall–Kier alpha value is -1.47. The van der Waals surface area contributed by atoms with Crippen molar-refractivity contribution in [2.45, 2.75) is 6.92 Å². The van der Waals surface area contributed by atoms with Crippen molar-refractivity contribution in [3.63, 3.8) is 0 Å². The average molecular weight is 251 g/mol. The maximum absolute atomic E-state index is 5.11. The highest BCUT2D eigenvalue weighted by atomic mass is 32.1. The average Bonchev–Trinajstić information content (AvgIpc) is 2.87. The van der Waals surface area contributed by atoms with E-state index in [9.17, 15) is 0 Å². The molecule has 16 heavy (non-hydrogen) atoms. The lowest BCUT2D eigenvalue weighted by atomic mass is 10.3. The van der Waals surface area contributed by atoms with Crippen LogP contribution in [0.4, 0.5) is 0 Å². The van der Waals surface area contributed by atoms with Crippen molar-refractivity contribution in [3.05, 3.63) is 22.0 Å². The molecule has 0 aliphatic carbocycles. The van der Waals surface area contributed by atoms with E-state index >= 15 is 0 Å². The number of H-pyrrole nitrogens is 1. The maximum atomic E-state index is 5.11. The predicted octanol–water partition coefficient (Wildman–Crippen LogP) is 2.16. The van der Waals surface area contributed by atoms with Crippen LogP contribution < -0.4 is 0 Å². The molecule has 3 aromatic rings. The number of rotatable bonds is 1. The number of hydrogen-bond donors (Lipinski definition) is 1. The minimum atomic E-state index is 0.611. The largest absolute Gasteiger partial charge is 0.302 e. The Morgan fingerprint density at radius 3 is 3.00 bits per heavy atom. The third-order valence-corrected chi connectivity index (χ3v) is 3.65. The third kappa shape index (κ3) is 1.18. The third-order valence-electron chi connectivity index (χ3n) is 2.53. The summed E-state index contributed by atoms with van der Waals surface area (Å²) in [5.74, 6) is 0.813. The summed E-state index contributed by atoms with van der Waals surface area (Å²) in [6.45, 7) is 1.98. The van der Waals surface area contributed by atoms with E-state index in [1.54, 1.807) is 11.3 Å². The Labute approximate surface area is 100 Å². The highest BCUT2D eigenvalue weighted by Gasteiger charge is 2.16. The molecule has 0 aliphatic heterocycles. The topological polar surface area (TPSA) is 50.9 Å².